The lowest BCUT2D eigenvalue weighted by atomic mass is 10.0. The van der Waals surface area contributed by atoms with E-state index < -0.39 is 5.97 Å². The van der Waals surface area contributed by atoms with Crippen molar-refractivity contribution in [3.8, 4) is 0 Å². The van der Waals surface area contributed by atoms with E-state index in [1.54, 1.807) is 19.9 Å². The number of aromatic nitrogens is 1. The van der Waals surface area contributed by atoms with Crippen molar-refractivity contribution in [3.63, 3.8) is 0 Å². The number of nitrogens with one attached hydrogen (secondary N) is 2. The molecule has 5 nitrogen and oxygen atoms in total. The molecule has 0 radical (unpaired) electrons. The highest BCUT2D eigenvalue weighted by Crippen LogP contribution is 2.34. The molecule has 1 aliphatic rings. The van der Waals surface area contributed by atoms with Crippen LogP contribution < -0.4 is 5.32 Å². The Kier molecular flexibility index (Phi) is 3.56. The van der Waals surface area contributed by atoms with E-state index in [9.17, 15) is 14.7 Å². The average Bonchev–Trinajstić information content (AvgIpc) is 2.87. The van der Waals surface area contributed by atoms with Crippen molar-refractivity contribution in [2.75, 3.05) is 5.32 Å². The number of aromatic amines is 1. The molecular formula is C16H13IN2O3. The molecule has 112 valence electrons. The highest BCUT2D eigenvalue weighted by atomic mass is 127. The summed E-state index contributed by atoms with van der Waals surface area (Å²) >= 11 is 2.19. The number of halogens is 1. The third kappa shape index (κ3) is 2.33. The van der Waals surface area contributed by atoms with Gasteiger partial charge in [0.2, 0.25) is 0 Å². The molecule has 6 heteroatoms. The molecule has 0 spiro atoms. The lowest BCUT2D eigenvalue weighted by Crippen LogP contribution is -2.03. The molecule has 1 amide bonds. The van der Waals surface area contributed by atoms with Crippen LogP contribution in [0.25, 0.3) is 11.6 Å². The standard InChI is InChI=1S/C16H13IN2O3/c1-7-12(18-8(2)14(7)16(21)22)6-11-10-4-3-9(17)5-13(10)19-15(11)20/h3-6,18H,1-2H3,(H,19,20)(H,21,22)/b11-6-. The lowest BCUT2D eigenvalue weighted by Gasteiger charge is -1.99. The number of fused-ring (bicyclic) bond motifs is 1. The minimum atomic E-state index is -0.971. The Hall–Kier alpha value is -2.09. The molecule has 22 heavy (non-hydrogen) atoms. The highest BCUT2D eigenvalue weighted by Gasteiger charge is 2.25. The van der Waals surface area contributed by atoms with Crippen molar-refractivity contribution in [1.82, 2.24) is 4.98 Å². The zero-order valence-electron chi connectivity index (χ0n) is 12.0. The zero-order valence-corrected chi connectivity index (χ0v) is 14.1. The van der Waals surface area contributed by atoms with Gasteiger partial charge in [-0.15, -0.1) is 0 Å². The SMILES string of the molecule is Cc1[nH]c(/C=C2\C(=O)Nc3cc(I)ccc32)c(C)c1C(=O)O. The number of carboxylic acid groups (broad SMARTS) is 1. The molecule has 1 aromatic carbocycles. The van der Waals surface area contributed by atoms with Gasteiger partial charge in [0, 0.05) is 20.5 Å². The summed E-state index contributed by atoms with van der Waals surface area (Å²) < 4.78 is 1.04. The zero-order chi connectivity index (χ0) is 16.0. The van der Waals surface area contributed by atoms with Crippen LogP contribution in [-0.2, 0) is 4.79 Å². The highest BCUT2D eigenvalue weighted by molar-refractivity contribution is 14.1. The molecule has 0 saturated heterocycles. The molecule has 0 saturated carbocycles. The number of rotatable bonds is 2. The molecule has 0 bridgehead atoms. The summed E-state index contributed by atoms with van der Waals surface area (Å²) in [5, 5.41) is 12.1. The molecule has 0 atom stereocenters. The molecule has 2 aromatic rings. The van der Waals surface area contributed by atoms with Crippen LogP contribution in [0.4, 0.5) is 5.69 Å². The minimum absolute atomic E-state index is 0.180. The molecule has 1 aromatic heterocycles. The average molecular weight is 408 g/mol. The van der Waals surface area contributed by atoms with Crippen molar-refractivity contribution in [2.45, 2.75) is 13.8 Å². The van der Waals surface area contributed by atoms with E-state index in [4.69, 9.17) is 0 Å². The molecule has 1 aliphatic heterocycles. The van der Waals surface area contributed by atoms with Gasteiger partial charge in [-0.1, -0.05) is 6.07 Å². The van der Waals surface area contributed by atoms with Crippen LogP contribution in [0.15, 0.2) is 18.2 Å². The van der Waals surface area contributed by atoms with E-state index in [-0.39, 0.29) is 11.5 Å². The van der Waals surface area contributed by atoms with Gasteiger partial charge in [0.15, 0.2) is 0 Å². The molecule has 2 heterocycles. The fourth-order valence-electron chi connectivity index (χ4n) is 2.69. The summed E-state index contributed by atoms with van der Waals surface area (Å²) in [6.07, 6.45) is 1.71. The minimum Gasteiger partial charge on any atom is -0.478 e. The summed E-state index contributed by atoms with van der Waals surface area (Å²) in [5.74, 6) is -1.15. The number of carbonyl (C=O) groups excluding carboxylic acids is 1. The van der Waals surface area contributed by atoms with Gasteiger partial charge in [-0.2, -0.15) is 0 Å². The van der Waals surface area contributed by atoms with Gasteiger partial charge in [0.05, 0.1) is 16.8 Å². The normalized spacial score (nSPS) is 15.0. The van der Waals surface area contributed by atoms with Crippen molar-refractivity contribution >= 4 is 51.8 Å². The van der Waals surface area contributed by atoms with E-state index in [2.05, 4.69) is 32.9 Å². The largest absolute Gasteiger partial charge is 0.478 e. The van der Waals surface area contributed by atoms with Crippen molar-refractivity contribution in [1.29, 1.82) is 0 Å². The van der Waals surface area contributed by atoms with Gasteiger partial charge in [-0.25, -0.2) is 4.79 Å². The molecule has 3 rings (SSSR count). The summed E-state index contributed by atoms with van der Waals surface area (Å²) in [6.45, 7) is 3.45. The Morgan fingerprint density at radius 1 is 1.32 bits per heavy atom. The first-order valence-corrected chi connectivity index (χ1v) is 7.71. The molecule has 0 unspecified atom stereocenters. The second-order valence-corrected chi connectivity index (χ2v) is 6.42. The van der Waals surface area contributed by atoms with Crippen LogP contribution in [0.5, 0.6) is 0 Å². The summed E-state index contributed by atoms with van der Waals surface area (Å²) in [7, 11) is 0. The van der Waals surface area contributed by atoms with Gasteiger partial charge < -0.3 is 15.4 Å². The molecular weight excluding hydrogens is 395 g/mol. The van der Waals surface area contributed by atoms with Gasteiger partial charge in [0.25, 0.3) is 5.91 Å². The van der Waals surface area contributed by atoms with Crippen LogP contribution in [0, 0.1) is 17.4 Å². The maximum atomic E-state index is 12.2. The second-order valence-electron chi connectivity index (χ2n) is 5.17. The number of amides is 1. The van der Waals surface area contributed by atoms with E-state index >= 15 is 0 Å². The number of carboxylic acids is 1. The Morgan fingerprint density at radius 3 is 2.68 bits per heavy atom. The third-order valence-corrected chi connectivity index (χ3v) is 4.41. The predicted molar refractivity (Wildman–Crippen MR) is 92.9 cm³/mol. The van der Waals surface area contributed by atoms with Crippen LogP contribution in [0.3, 0.4) is 0 Å². The van der Waals surface area contributed by atoms with Crippen molar-refractivity contribution < 1.29 is 14.7 Å². The number of hydrogen-bond acceptors (Lipinski definition) is 2. The monoisotopic (exact) mass is 408 g/mol. The Bertz CT molecular complexity index is 849. The fraction of sp³-hybridized carbons (Fsp3) is 0.125. The second kappa shape index (κ2) is 5.28. The van der Waals surface area contributed by atoms with Gasteiger partial charge in [-0.05, 0) is 60.2 Å². The predicted octanol–water partition coefficient (Wildman–Crippen LogP) is 3.43. The Morgan fingerprint density at radius 2 is 2.05 bits per heavy atom. The maximum Gasteiger partial charge on any atom is 0.337 e. The Labute approximate surface area is 140 Å². The topological polar surface area (TPSA) is 82.2 Å². The van der Waals surface area contributed by atoms with E-state index in [0.717, 1.165) is 14.8 Å². The van der Waals surface area contributed by atoms with Crippen LogP contribution in [0.1, 0.15) is 32.9 Å². The van der Waals surface area contributed by atoms with Crippen LogP contribution in [-0.4, -0.2) is 22.0 Å². The molecule has 0 aliphatic carbocycles. The fourth-order valence-corrected chi connectivity index (χ4v) is 3.18. The quantitative estimate of drug-likeness (QED) is 0.526. The number of aromatic carboxylic acids is 1. The third-order valence-electron chi connectivity index (χ3n) is 3.74. The van der Waals surface area contributed by atoms with Crippen molar-refractivity contribution in [3.05, 3.63) is 49.8 Å². The van der Waals surface area contributed by atoms with Crippen molar-refractivity contribution in [2.24, 2.45) is 0 Å². The summed E-state index contributed by atoms with van der Waals surface area (Å²) in [6, 6.07) is 5.73. The number of hydrogen-bond donors (Lipinski definition) is 3. The van der Waals surface area contributed by atoms with E-state index in [0.29, 0.717) is 22.5 Å². The summed E-state index contributed by atoms with van der Waals surface area (Å²) in [5.41, 5.74) is 4.26. The van der Waals surface area contributed by atoms with Gasteiger partial charge in [0.1, 0.15) is 0 Å². The number of benzene rings is 1. The van der Waals surface area contributed by atoms with Gasteiger partial charge >= 0.3 is 5.97 Å². The van der Waals surface area contributed by atoms with Gasteiger partial charge in [-0.3, -0.25) is 4.79 Å². The van der Waals surface area contributed by atoms with Crippen LogP contribution >= 0.6 is 22.6 Å². The van der Waals surface area contributed by atoms with Crippen LogP contribution in [0.2, 0.25) is 0 Å². The number of H-pyrrole nitrogens is 1. The first kappa shape index (κ1) is 14.8. The lowest BCUT2D eigenvalue weighted by molar-refractivity contribution is -0.110. The Balaban J connectivity index is 2.13. The van der Waals surface area contributed by atoms with E-state index in [1.165, 1.54) is 0 Å². The summed E-state index contributed by atoms with van der Waals surface area (Å²) in [4.78, 5) is 26.5. The first-order chi connectivity index (χ1) is 10.4. The number of aryl methyl sites for hydroxylation is 1. The molecule has 3 N–H and O–H groups in total. The maximum absolute atomic E-state index is 12.2. The number of carbonyl (C=O) groups is 2. The van der Waals surface area contributed by atoms with E-state index in [1.807, 2.05) is 18.2 Å². The smallest absolute Gasteiger partial charge is 0.337 e. The first-order valence-electron chi connectivity index (χ1n) is 6.64. The number of anilines is 1. The molecule has 0 fully saturated rings.